The number of nitrogen functional groups attached to an aromatic ring is 1. The molecule has 3 aromatic carbocycles. The molecule has 2 aromatic heterocycles. The third kappa shape index (κ3) is 5.55. The van der Waals surface area contributed by atoms with Crippen molar-refractivity contribution in [3.63, 3.8) is 0 Å². The van der Waals surface area contributed by atoms with Gasteiger partial charge in [-0.15, -0.1) is 11.3 Å². The first-order valence-electron chi connectivity index (χ1n) is 13.0. The Morgan fingerprint density at radius 1 is 1.10 bits per heavy atom. The van der Waals surface area contributed by atoms with Gasteiger partial charge >= 0.3 is 5.97 Å². The van der Waals surface area contributed by atoms with Gasteiger partial charge in [0.15, 0.2) is 0 Å². The van der Waals surface area contributed by atoms with E-state index in [2.05, 4.69) is 22.2 Å². The number of hydrogen-bond donors (Lipinski definition) is 5. The van der Waals surface area contributed by atoms with E-state index in [1.54, 1.807) is 30.5 Å². The molecular weight excluding hydrogens is 538 g/mol. The minimum absolute atomic E-state index is 0.0122. The van der Waals surface area contributed by atoms with Crippen molar-refractivity contribution in [3.05, 3.63) is 105 Å². The van der Waals surface area contributed by atoms with Crippen LogP contribution < -0.4 is 15.8 Å². The highest BCUT2D eigenvalue weighted by Crippen LogP contribution is 2.40. The molecule has 0 saturated carbocycles. The predicted octanol–water partition coefficient (Wildman–Crippen LogP) is 5.75. The molecule has 1 amide bonds. The lowest BCUT2D eigenvalue weighted by Gasteiger charge is -2.21. The molecule has 0 aliphatic heterocycles. The zero-order valence-corrected chi connectivity index (χ0v) is 23.3. The van der Waals surface area contributed by atoms with E-state index in [4.69, 9.17) is 15.9 Å². The maximum absolute atomic E-state index is 13.2. The second-order valence-corrected chi connectivity index (χ2v) is 10.5. The molecule has 5 rings (SSSR count). The van der Waals surface area contributed by atoms with Crippen molar-refractivity contribution >= 4 is 40.0 Å². The second-order valence-electron chi connectivity index (χ2n) is 9.51. The number of carboxylic acid groups (broad SMARTS) is 1. The van der Waals surface area contributed by atoms with E-state index in [9.17, 15) is 14.7 Å². The molecule has 0 saturated heterocycles. The molecule has 1 atom stereocenters. The highest BCUT2D eigenvalue weighted by atomic mass is 32.1. The van der Waals surface area contributed by atoms with E-state index < -0.39 is 5.97 Å². The number of nitrogens with zero attached hydrogens (tertiary/aromatic N) is 1. The fraction of sp³-hybridized carbons (Fsp3) is 0.161. The lowest BCUT2D eigenvalue weighted by molar-refractivity contribution is 0.0697. The number of H-pyrrole nitrogens is 1. The number of fused-ring (bicyclic) bond motifs is 1. The van der Waals surface area contributed by atoms with Gasteiger partial charge < -0.3 is 25.9 Å². The number of methoxy groups -OCH3 is 1. The van der Waals surface area contributed by atoms with Gasteiger partial charge in [-0.1, -0.05) is 25.1 Å². The number of carbonyl (C=O) groups is 2. The number of amides is 1. The molecule has 208 valence electrons. The van der Waals surface area contributed by atoms with Crippen molar-refractivity contribution in [1.29, 1.82) is 5.41 Å². The van der Waals surface area contributed by atoms with Gasteiger partial charge in [0.1, 0.15) is 16.6 Å². The van der Waals surface area contributed by atoms with Crippen molar-refractivity contribution in [2.45, 2.75) is 25.8 Å². The summed E-state index contributed by atoms with van der Waals surface area (Å²) in [7, 11) is 1.49. The zero-order chi connectivity index (χ0) is 29.1. The summed E-state index contributed by atoms with van der Waals surface area (Å²) >= 11 is 1.46. The molecule has 0 spiro atoms. The molecule has 0 fully saturated rings. The average Bonchev–Trinajstić information content (AvgIpc) is 3.66. The molecule has 0 aliphatic carbocycles. The number of aromatic carboxylic acids is 1. The van der Waals surface area contributed by atoms with Gasteiger partial charge in [-0.2, -0.15) is 0 Å². The van der Waals surface area contributed by atoms with E-state index in [1.165, 1.54) is 24.5 Å². The molecule has 2 heterocycles. The summed E-state index contributed by atoms with van der Waals surface area (Å²) in [5.74, 6) is -1.09. The Balaban J connectivity index is 1.65. The van der Waals surface area contributed by atoms with E-state index >= 15 is 0 Å². The van der Waals surface area contributed by atoms with Gasteiger partial charge in [0.25, 0.3) is 5.91 Å². The Kier molecular flexibility index (Phi) is 7.84. The molecule has 0 aliphatic rings. The highest BCUT2D eigenvalue weighted by Gasteiger charge is 2.24. The zero-order valence-electron chi connectivity index (χ0n) is 22.5. The third-order valence-electron chi connectivity index (χ3n) is 7.13. The van der Waals surface area contributed by atoms with Crippen LogP contribution in [0.4, 0.5) is 0 Å². The maximum Gasteiger partial charge on any atom is 0.336 e. The third-order valence-corrected chi connectivity index (χ3v) is 7.91. The summed E-state index contributed by atoms with van der Waals surface area (Å²) in [6.07, 6.45) is 4.34. The van der Waals surface area contributed by atoms with Gasteiger partial charge in [-0.05, 0) is 65.1 Å². The van der Waals surface area contributed by atoms with Crippen LogP contribution in [0.5, 0.6) is 5.75 Å². The fourth-order valence-corrected chi connectivity index (χ4v) is 5.66. The van der Waals surface area contributed by atoms with Crippen LogP contribution in [-0.4, -0.2) is 39.9 Å². The topological polar surface area (TPSA) is 154 Å². The van der Waals surface area contributed by atoms with Crippen LogP contribution in [0.1, 0.15) is 61.7 Å². The number of carbonyl (C=O) groups excluding carboxylic acids is 1. The normalized spacial score (nSPS) is 11.8. The first-order valence-corrected chi connectivity index (χ1v) is 13.9. The highest BCUT2D eigenvalue weighted by molar-refractivity contribution is 7.09. The number of nitrogens with one attached hydrogen (secondary N) is 3. The quantitative estimate of drug-likeness (QED) is 0.107. The van der Waals surface area contributed by atoms with Crippen molar-refractivity contribution in [2.24, 2.45) is 5.73 Å². The summed E-state index contributed by atoms with van der Waals surface area (Å²) in [6, 6.07) is 16.0. The molecule has 41 heavy (non-hydrogen) atoms. The van der Waals surface area contributed by atoms with Gasteiger partial charge in [0.2, 0.25) is 0 Å². The summed E-state index contributed by atoms with van der Waals surface area (Å²) in [4.78, 5) is 33.1. The van der Waals surface area contributed by atoms with Crippen LogP contribution in [0.2, 0.25) is 0 Å². The molecule has 0 radical (unpaired) electrons. The van der Waals surface area contributed by atoms with Crippen molar-refractivity contribution in [1.82, 2.24) is 15.3 Å². The van der Waals surface area contributed by atoms with Gasteiger partial charge in [0.05, 0.1) is 19.2 Å². The molecule has 6 N–H and O–H groups in total. The van der Waals surface area contributed by atoms with E-state index in [0.29, 0.717) is 41.0 Å². The van der Waals surface area contributed by atoms with Crippen LogP contribution in [0.15, 0.2) is 72.4 Å². The predicted molar refractivity (Wildman–Crippen MR) is 160 cm³/mol. The number of benzene rings is 3. The van der Waals surface area contributed by atoms with Crippen molar-refractivity contribution < 1.29 is 19.4 Å². The van der Waals surface area contributed by atoms with Gasteiger partial charge in [0, 0.05) is 45.7 Å². The number of amidine groups is 1. The Hall–Kier alpha value is -4.96. The largest absolute Gasteiger partial charge is 0.497 e. The molecule has 0 bridgehead atoms. The smallest absolute Gasteiger partial charge is 0.336 e. The van der Waals surface area contributed by atoms with E-state index in [0.717, 1.165) is 27.0 Å². The van der Waals surface area contributed by atoms with Crippen LogP contribution in [0.25, 0.3) is 22.0 Å². The van der Waals surface area contributed by atoms with Gasteiger partial charge in [-0.25, -0.2) is 9.78 Å². The number of hydrogen-bond acceptors (Lipinski definition) is 6. The fourth-order valence-electron chi connectivity index (χ4n) is 5.11. The summed E-state index contributed by atoms with van der Waals surface area (Å²) in [5.41, 5.74) is 10.7. The monoisotopic (exact) mass is 567 g/mol. The number of rotatable bonds is 10. The Morgan fingerprint density at radius 2 is 1.90 bits per heavy atom. The van der Waals surface area contributed by atoms with E-state index in [1.807, 2.05) is 35.8 Å². The SMILES string of the molecule is CCC(c1ccc(C(=O)NCc2nccs2)cc1-c1ccc(OC)cc1C(=O)O)c1c[nH]c2cc(C(=N)N)ccc12. The molecule has 10 heteroatoms. The number of aromatic nitrogens is 2. The standard InChI is InChI=1S/C31H29N5O4S/c1-3-20(26-15-35-27-13-17(29(32)33)4-8-23(26)27)21-7-5-18(30(37)36-16-28-34-10-11-41-28)12-24(21)22-9-6-19(40-2)14-25(22)31(38)39/h4-15,20,35H,3,16H2,1-2H3,(H3,32,33)(H,36,37)(H,38,39). The summed E-state index contributed by atoms with van der Waals surface area (Å²) in [5, 5.41) is 24.4. The minimum Gasteiger partial charge on any atom is -0.497 e. The van der Waals surface area contributed by atoms with Crippen molar-refractivity contribution in [2.75, 3.05) is 7.11 Å². The second kappa shape index (κ2) is 11.6. The molecule has 9 nitrogen and oxygen atoms in total. The van der Waals surface area contributed by atoms with Crippen LogP contribution in [0, 0.1) is 5.41 Å². The minimum atomic E-state index is -1.10. The average molecular weight is 568 g/mol. The molecule has 1 unspecified atom stereocenters. The van der Waals surface area contributed by atoms with E-state index in [-0.39, 0.29) is 23.2 Å². The number of nitrogens with two attached hydrogens (primary N) is 1. The van der Waals surface area contributed by atoms with Crippen LogP contribution >= 0.6 is 11.3 Å². The lowest BCUT2D eigenvalue weighted by atomic mass is 9.82. The van der Waals surface area contributed by atoms with Gasteiger partial charge in [-0.3, -0.25) is 10.2 Å². The lowest BCUT2D eigenvalue weighted by Crippen LogP contribution is -2.23. The number of aromatic amines is 1. The maximum atomic E-state index is 13.2. The Labute approximate surface area is 240 Å². The molecular formula is C31H29N5O4S. The van der Waals surface area contributed by atoms with Crippen molar-refractivity contribution in [3.8, 4) is 16.9 Å². The number of carboxylic acids is 1. The van der Waals surface area contributed by atoms with Crippen LogP contribution in [-0.2, 0) is 6.54 Å². The number of ether oxygens (including phenoxy) is 1. The summed E-state index contributed by atoms with van der Waals surface area (Å²) in [6.45, 7) is 2.36. The Bertz CT molecular complexity index is 1760. The van der Waals surface area contributed by atoms with Crippen LogP contribution in [0.3, 0.4) is 0 Å². The first kappa shape index (κ1) is 27.6. The number of thiazole rings is 1. The Morgan fingerprint density at radius 3 is 2.59 bits per heavy atom. The first-order chi connectivity index (χ1) is 19.8. The summed E-state index contributed by atoms with van der Waals surface area (Å²) < 4.78 is 5.30. The molecule has 5 aromatic rings.